The zero-order valence-electron chi connectivity index (χ0n) is 31.5. The lowest BCUT2D eigenvalue weighted by Crippen LogP contribution is -2.56. The number of thioether (sulfide) groups is 1. The minimum Gasteiger partial charge on any atom is -0.462 e. The van der Waals surface area contributed by atoms with Crippen molar-refractivity contribution in [3.63, 3.8) is 0 Å². The Morgan fingerprint density at radius 2 is 1.92 bits per heavy atom. The number of benzene rings is 1. The summed E-state index contributed by atoms with van der Waals surface area (Å²) in [4.78, 5) is 55.3. The molecule has 3 amide bonds. The highest BCUT2D eigenvalue weighted by molar-refractivity contribution is 7.98. The van der Waals surface area contributed by atoms with E-state index in [1.54, 1.807) is 25.1 Å². The number of allylic oxidation sites excluding steroid dienone is 1. The van der Waals surface area contributed by atoms with Crippen molar-refractivity contribution in [2.45, 2.75) is 107 Å². The fourth-order valence-electron chi connectivity index (χ4n) is 7.44. The third-order valence-electron chi connectivity index (χ3n) is 10.5. The van der Waals surface area contributed by atoms with Gasteiger partial charge in [-0.05, 0) is 77.0 Å². The van der Waals surface area contributed by atoms with Crippen molar-refractivity contribution in [1.29, 1.82) is 0 Å². The number of fused-ring (bicyclic) bond motifs is 1. The summed E-state index contributed by atoms with van der Waals surface area (Å²) in [5.41, 5.74) is 8.24. The summed E-state index contributed by atoms with van der Waals surface area (Å²) in [5, 5.41) is 9.00. The van der Waals surface area contributed by atoms with Crippen LogP contribution in [0.4, 0.5) is 4.79 Å². The predicted octanol–water partition coefficient (Wildman–Crippen LogP) is 3.13. The second-order valence-electron chi connectivity index (χ2n) is 14.7. The molecule has 1 aromatic heterocycles. The summed E-state index contributed by atoms with van der Waals surface area (Å²) in [6.45, 7) is 8.16. The van der Waals surface area contributed by atoms with Crippen molar-refractivity contribution >= 4 is 46.5 Å². The van der Waals surface area contributed by atoms with Gasteiger partial charge in [0.1, 0.15) is 42.1 Å². The van der Waals surface area contributed by atoms with E-state index in [0.717, 1.165) is 29.3 Å². The minimum absolute atomic E-state index is 0.00906. The normalized spacial score (nSPS) is 27.6. The Bertz CT molecular complexity index is 1640. The summed E-state index contributed by atoms with van der Waals surface area (Å²) in [7, 11) is 1.61. The van der Waals surface area contributed by atoms with Crippen molar-refractivity contribution in [1.82, 2.24) is 20.9 Å². The van der Waals surface area contributed by atoms with Crippen LogP contribution in [-0.2, 0) is 44.5 Å². The standard InChI is InChI=1S/C38H55N5O9S/c1-22(2)11-12-30-37(4,52-30)32-31(48-5)29(13-15-38(32)21-50-38)51-36(47)40-16-17-49-35(46)23(3)42-34(45)28(43-33(44)26(39)14-18-53-6)19-24-20-41-27-10-8-7-9-25(24)27/h7-11,20,23,26,28-32,41H,12-19,21,39H2,1-6H3,(H,40,47)(H,42,45)(H,43,44)/t23-,26-,28-,29+,30+,31?,32+,37-,38-/m0/s1. The zero-order valence-corrected chi connectivity index (χ0v) is 32.3. The van der Waals surface area contributed by atoms with Gasteiger partial charge in [-0.15, -0.1) is 0 Å². The smallest absolute Gasteiger partial charge is 0.407 e. The molecule has 1 unspecified atom stereocenters. The molecule has 9 atom stereocenters. The van der Waals surface area contributed by atoms with Crippen LogP contribution in [0.15, 0.2) is 42.1 Å². The number of rotatable bonds is 18. The molecule has 0 radical (unpaired) electrons. The molecule has 2 aromatic rings. The summed E-state index contributed by atoms with van der Waals surface area (Å²) in [6.07, 6.45) is 7.06. The molecule has 3 fully saturated rings. The number of esters is 1. The van der Waals surface area contributed by atoms with E-state index in [0.29, 0.717) is 25.2 Å². The number of carbonyl (C=O) groups is 4. The number of ether oxygens (including phenoxy) is 5. The van der Waals surface area contributed by atoms with Gasteiger partial charge in [0.2, 0.25) is 11.8 Å². The second kappa shape index (κ2) is 17.7. The Labute approximate surface area is 315 Å². The number of aromatic amines is 1. The molecule has 1 aromatic carbocycles. The molecular formula is C38H55N5O9S. The van der Waals surface area contributed by atoms with Gasteiger partial charge in [0, 0.05) is 30.6 Å². The average molecular weight is 758 g/mol. The SMILES string of the molecule is COC1[C@H](OC(=O)NCCOC(=O)[C@H](C)NC(=O)[C@H](Cc2c[nH]c3ccccc23)NC(=O)[C@@H](N)CCSC)CC[C@]2(CO2)[C@H]1[C@@]1(C)O[C@@H]1CC=C(C)C. The van der Waals surface area contributed by atoms with Crippen LogP contribution in [0.1, 0.15) is 58.9 Å². The first-order chi connectivity index (χ1) is 25.3. The number of amides is 3. The maximum absolute atomic E-state index is 13.5. The lowest BCUT2D eigenvalue weighted by atomic mass is 9.68. The van der Waals surface area contributed by atoms with Crippen molar-refractivity contribution in [2.24, 2.45) is 11.7 Å². The molecule has 14 nitrogen and oxygen atoms in total. The fourth-order valence-corrected chi connectivity index (χ4v) is 7.93. The molecule has 292 valence electrons. The highest BCUT2D eigenvalue weighted by Crippen LogP contribution is 2.59. The Kier molecular flexibility index (Phi) is 13.5. The van der Waals surface area contributed by atoms with E-state index in [1.807, 2.05) is 30.5 Å². The van der Waals surface area contributed by atoms with Crippen LogP contribution in [0.2, 0.25) is 0 Å². The monoisotopic (exact) mass is 757 g/mol. The maximum atomic E-state index is 13.5. The van der Waals surface area contributed by atoms with Crippen molar-refractivity contribution in [3.05, 3.63) is 47.7 Å². The van der Waals surface area contributed by atoms with Gasteiger partial charge in [-0.25, -0.2) is 9.59 Å². The maximum Gasteiger partial charge on any atom is 0.407 e. The van der Waals surface area contributed by atoms with Gasteiger partial charge in [-0.1, -0.05) is 29.8 Å². The molecule has 2 saturated heterocycles. The molecule has 3 aliphatic rings. The predicted molar refractivity (Wildman–Crippen MR) is 201 cm³/mol. The minimum atomic E-state index is -1.04. The number of hydrogen-bond acceptors (Lipinski definition) is 11. The largest absolute Gasteiger partial charge is 0.462 e. The number of nitrogens with two attached hydrogens (primary N) is 1. The summed E-state index contributed by atoms with van der Waals surface area (Å²) < 4.78 is 29.3. The van der Waals surface area contributed by atoms with Crippen LogP contribution in [-0.4, -0.2) is 115 Å². The van der Waals surface area contributed by atoms with E-state index >= 15 is 0 Å². The first-order valence-corrected chi connectivity index (χ1v) is 19.7. The van der Waals surface area contributed by atoms with Crippen LogP contribution in [0.25, 0.3) is 10.9 Å². The molecule has 5 rings (SSSR count). The molecule has 0 bridgehead atoms. The highest BCUT2D eigenvalue weighted by Gasteiger charge is 2.72. The number of carbonyl (C=O) groups excluding carboxylic acids is 4. The Morgan fingerprint density at radius 1 is 1.17 bits per heavy atom. The Morgan fingerprint density at radius 3 is 2.62 bits per heavy atom. The quantitative estimate of drug-likeness (QED) is 0.0648. The number of alkyl carbamates (subject to hydrolysis) is 1. The molecular weight excluding hydrogens is 703 g/mol. The number of epoxide rings is 2. The van der Waals surface area contributed by atoms with Crippen LogP contribution in [0.3, 0.4) is 0 Å². The third kappa shape index (κ3) is 9.92. The zero-order chi connectivity index (χ0) is 38.3. The van der Waals surface area contributed by atoms with Gasteiger partial charge in [-0.2, -0.15) is 11.8 Å². The summed E-state index contributed by atoms with van der Waals surface area (Å²) in [6, 6.07) is 4.83. The second-order valence-corrected chi connectivity index (χ2v) is 15.6. The number of nitrogens with one attached hydrogen (secondary N) is 4. The van der Waals surface area contributed by atoms with Crippen molar-refractivity contribution in [2.75, 3.05) is 38.9 Å². The van der Waals surface area contributed by atoms with Crippen LogP contribution >= 0.6 is 11.8 Å². The highest BCUT2D eigenvalue weighted by atomic mass is 32.2. The van der Waals surface area contributed by atoms with Crippen LogP contribution in [0.5, 0.6) is 0 Å². The topological polar surface area (TPSA) is 199 Å². The van der Waals surface area contributed by atoms with Gasteiger partial charge >= 0.3 is 12.1 Å². The summed E-state index contributed by atoms with van der Waals surface area (Å²) >= 11 is 1.57. The Hall–Kier alpha value is -3.63. The Balaban J connectivity index is 1.10. The third-order valence-corrected chi connectivity index (χ3v) is 11.2. The van der Waals surface area contributed by atoms with E-state index in [1.165, 1.54) is 12.5 Å². The lowest BCUT2D eigenvalue weighted by molar-refractivity contribution is -0.147. The molecule has 15 heteroatoms. The molecule has 1 saturated carbocycles. The van der Waals surface area contributed by atoms with Crippen LogP contribution < -0.4 is 21.7 Å². The van der Waals surface area contributed by atoms with Crippen molar-refractivity contribution in [3.8, 4) is 0 Å². The number of methoxy groups -OCH3 is 1. The van der Waals surface area contributed by atoms with Gasteiger partial charge < -0.3 is 50.4 Å². The van der Waals surface area contributed by atoms with Crippen molar-refractivity contribution < 1.29 is 42.9 Å². The van der Waals surface area contributed by atoms with Gasteiger partial charge in [0.25, 0.3) is 0 Å². The van der Waals surface area contributed by atoms with E-state index in [9.17, 15) is 19.2 Å². The first kappa shape index (κ1) is 40.6. The van der Waals surface area contributed by atoms with Gasteiger partial charge in [0.15, 0.2) is 0 Å². The molecule has 6 N–H and O–H groups in total. The summed E-state index contributed by atoms with van der Waals surface area (Å²) in [5.74, 6) is -1.12. The number of H-pyrrole nitrogens is 1. The molecule has 3 heterocycles. The van der Waals surface area contributed by atoms with Gasteiger partial charge in [-0.3, -0.25) is 9.59 Å². The van der Waals surface area contributed by atoms with Gasteiger partial charge in [0.05, 0.1) is 31.2 Å². The van der Waals surface area contributed by atoms with E-state index in [2.05, 4.69) is 47.8 Å². The molecule has 1 spiro atoms. The number of para-hydroxylation sites is 1. The van der Waals surface area contributed by atoms with Crippen LogP contribution in [0, 0.1) is 5.92 Å². The number of aromatic nitrogens is 1. The molecule has 2 aliphatic heterocycles. The van der Waals surface area contributed by atoms with E-state index < -0.39 is 59.8 Å². The lowest BCUT2D eigenvalue weighted by Gasteiger charge is -2.42. The molecule has 1 aliphatic carbocycles. The average Bonchev–Trinajstić information content (AvgIpc) is 4.01. The molecule has 53 heavy (non-hydrogen) atoms. The first-order valence-electron chi connectivity index (χ1n) is 18.3. The number of hydrogen-bond donors (Lipinski definition) is 5. The van der Waals surface area contributed by atoms with E-state index in [-0.39, 0.29) is 37.2 Å². The fraction of sp³-hybridized carbons (Fsp3) is 0.632. The van der Waals surface area contributed by atoms with E-state index in [4.69, 9.17) is 29.4 Å².